The number of hydrogen-bond acceptors (Lipinski definition) is 4. The van der Waals surface area contributed by atoms with Gasteiger partial charge in [0.15, 0.2) is 0 Å². The molecule has 1 atom stereocenters. The molecule has 128 valence electrons. The van der Waals surface area contributed by atoms with Crippen molar-refractivity contribution in [2.45, 2.75) is 25.8 Å². The van der Waals surface area contributed by atoms with E-state index in [1.165, 1.54) is 10.8 Å². The summed E-state index contributed by atoms with van der Waals surface area (Å²) in [4.78, 5) is 21.7. The van der Waals surface area contributed by atoms with Crippen LogP contribution in [-0.2, 0) is 0 Å². The number of pyridine rings is 1. The van der Waals surface area contributed by atoms with Crippen molar-refractivity contribution >= 4 is 22.5 Å². The molecule has 3 aromatic rings. The lowest BCUT2D eigenvalue weighted by Crippen LogP contribution is -2.30. The van der Waals surface area contributed by atoms with Crippen LogP contribution < -0.4 is 11.3 Å². The maximum absolute atomic E-state index is 14.0. The van der Waals surface area contributed by atoms with E-state index in [0.717, 1.165) is 19.0 Å². The zero-order valence-corrected chi connectivity index (χ0v) is 14.3. The Bertz CT molecular complexity index is 1050. The Kier molecular flexibility index (Phi) is 3.81. The van der Waals surface area contributed by atoms with Crippen LogP contribution in [0.5, 0.6) is 0 Å². The summed E-state index contributed by atoms with van der Waals surface area (Å²) < 4.78 is 15.4. The number of halogens is 2. The molecule has 0 bridgehead atoms. The van der Waals surface area contributed by atoms with Crippen molar-refractivity contribution in [3.8, 4) is 5.69 Å². The molecule has 7 heteroatoms. The van der Waals surface area contributed by atoms with Gasteiger partial charge in [-0.15, -0.1) is 0 Å². The zero-order valence-electron chi connectivity index (χ0n) is 13.5. The fourth-order valence-electron chi connectivity index (χ4n) is 3.04. The van der Waals surface area contributed by atoms with Gasteiger partial charge >= 0.3 is 0 Å². The highest BCUT2D eigenvalue weighted by Crippen LogP contribution is 2.39. The Morgan fingerprint density at radius 2 is 2.12 bits per heavy atom. The normalized spacial score (nSPS) is 15.5. The average molecular weight is 359 g/mol. The number of fused-ring (bicyclic) bond motifs is 1. The Labute approximate surface area is 148 Å². The van der Waals surface area contributed by atoms with E-state index in [4.69, 9.17) is 17.3 Å². The monoisotopic (exact) mass is 358 g/mol. The number of nitrogens with two attached hydrogens (primary N) is 1. The molecular formula is C18H16ClFN4O. The quantitative estimate of drug-likeness (QED) is 0.779. The highest BCUT2D eigenvalue weighted by atomic mass is 35.5. The first-order valence-electron chi connectivity index (χ1n) is 8.06. The van der Waals surface area contributed by atoms with Crippen LogP contribution in [0.25, 0.3) is 16.6 Å². The molecule has 1 aromatic carbocycles. The predicted octanol–water partition coefficient (Wildman–Crippen LogP) is 3.29. The van der Waals surface area contributed by atoms with Crippen molar-refractivity contribution in [1.29, 1.82) is 0 Å². The van der Waals surface area contributed by atoms with Gasteiger partial charge in [0.1, 0.15) is 11.6 Å². The number of nitrogens with zero attached hydrogens (tertiary/aromatic N) is 3. The molecule has 1 fully saturated rings. The summed E-state index contributed by atoms with van der Waals surface area (Å²) in [6.07, 6.45) is 4.55. The van der Waals surface area contributed by atoms with E-state index in [-0.39, 0.29) is 11.5 Å². The van der Waals surface area contributed by atoms with Gasteiger partial charge in [0.2, 0.25) is 0 Å². The summed E-state index contributed by atoms with van der Waals surface area (Å²) in [7, 11) is 0. The molecule has 0 radical (unpaired) electrons. The molecule has 4 rings (SSSR count). The van der Waals surface area contributed by atoms with Crippen LogP contribution >= 0.6 is 11.6 Å². The van der Waals surface area contributed by atoms with Crippen LogP contribution in [0.1, 0.15) is 30.3 Å². The summed E-state index contributed by atoms with van der Waals surface area (Å²) in [5.41, 5.74) is 7.13. The van der Waals surface area contributed by atoms with Crippen molar-refractivity contribution in [1.82, 2.24) is 14.5 Å². The third-order valence-electron chi connectivity index (χ3n) is 4.67. The molecule has 2 heterocycles. The van der Waals surface area contributed by atoms with E-state index in [1.807, 2.05) is 0 Å². The first-order valence-corrected chi connectivity index (χ1v) is 8.44. The van der Waals surface area contributed by atoms with Crippen molar-refractivity contribution in [3.63, 3.8) is 0 Å². The molecule has 0 amide bonds. The maximum Gasteiger partial charge on any atom is 0.267 e. The van der Waals surface area contributed by atoms with Crippen LogP contribution in [0.15, 0.2) is 35.4 Å². The molecule has 0 saturated heterocycles. The lowest BCUT2D eigenvalue weighted by atomic mass is 10.1. The first kappa shape index (κ1) is 16.2. The van der Waals surface area contributed by atoms with Gasteiger partial charge in [-0.05, 0) is 37.8 Å². The second kappa shape index (κ2) is 5.89. The van der Waals surface area contributed by atoms with Gasteiger partial charge in [-0.3, -0.25) is 14.3 Å². The molecule has 2 N–H and O–H groups in total. The smallest absolute Gasteiger partial charge is 0.267 e. The fourth-order valence-corrected chi connectivity index (χ4v) is 3.29. The lowest BCUT2D eigenvalue weighted by molar-refractivity contribution is 0.569. The van der Waals surface area contributed by atoms with Gasteiger partial charge < -0.3 is 5.73 Å². The summed E-state index contributed by atoms with van der Waals surface area (Å²) >= 11 is 6.23. The molecule has 0 spiro atoms. The van der Waals surface area contributed by atoms with Gasteiger partial charge in [-0.25, -0.2) is 9.37 Å². The molecule has 1 saturated carbocycles. The highest BCUT2D eigenvalue weighted by molar-refractivity contribution is 6.35. The van der Waals surface area contributed by atoms with Gasteiger partial charge in [-0.2, -0.15) is 0 Å². The second-order valence-corrected chi connectivity index (χ2v) is 6.78. The van der Waals surface area contributed by atoms with Crippen LogP contribution in [-0.4, -0.2) is 14.5 Å². The molecule has 2 aromatic heterocycles. The SMILES string of the molecule is Cc1c(F)cncc1-n1c([C@@H](N)C2CC2)nc2cccc(Cl)c2c1=O. The van der Waals surface area contributed by atoms with Crippen molar-refractivity contribution in [2.75, 3.05) is 0 Å². The zero-order chi connectivity index (χ0) is 17.7. The van der Waals surface area contributed by atoms with E-state index in [1.54, 1.807) is 25.1 Å². The highest BCUT2D eigenvalue weighted by Gasteiger charge is 2.33. The van der Waals surface area contributed by atoms with E-state index in [2.05, 4.69) is 9.97 Å². The molecule has 1 aliphatic rings. The average Bonchev–Trinajstić information content (AvgIpc) is 3.42. The Balaban J connectivity index is 2.11. The van der Waals surface area contributed by atoms with Crippen LogP contribution in [0, 0.1) is 18.7 Å². The van der Waals surface area contributed by atoms with E-state index in [0.29, 0.717) is 33.0 Å². The Morgan fingerprint density at radius 3 is 2.84 bits per heavy atom. The third kappa shape index (κ3) is 2.62. The minimum atomic E-state index is -0.491. The predicted molar refractivity (Wildman–Crippen MR) is 94.5 cm³/mol. The minimum absolute atomic E-state index is 0.275. The summed E-state index contributed by atoms with van der Waals surface area (Å²) in [6.45, 7) is 1.60. The van der Waals surface area contributed by atoms with Gasteiger partial charge in [0.25, 0.3) is 5.56 Å². The van der Waals surface area contributed by atoms with Crippen molar-refractivity contribution in [2.24, 2.45) is 11.7 Å². The van der Waals surface area contributed by atoms with Crippen molar-refractivity contribution in [3.05, 3.63) is 63.2 Å². The fraction of sp³-hybridized carbons (Fsp3) is 0.278. The van der Waals surface area contributed by atoms with Crippen molar-refractivity contribution < 1.29 is 4.39 Å². The standard InChI is InChI=1S/C18H16ClFN4O/c1-9-12(20)7-22-8-14(9)24-17(16(21)10-5-6-10)23-13-4-2-3-11(19)15(13)18(24)25/h2-4,7-8,10,16H,5-6,21H2,1H3/t16-/m0/s1. The second-order valence-electron chi connectivity index (χ2n) is 6.37. The van der Waals surface area contributed by atoms with Gasteiger partial charge in [-0.1, -0.05) is 17.7 Å². The number of benzene rings is 1. The van der Waals surface area contributed by atoms with Crippen LogP contribution in [0.4, 0.5) is 4.39 Å². The molecule has 1 aliphatic carbocycles. The van der Waals surface area contributed by atoms with E-state index >= 15 is 0 Å². The summed E-state index contributed by atoms with van der Waals surface area (Å²) in [6, 6.07) is 4.70. The minimum Gasteiger partial charge on any atom is -0.321 e. The van der Waals surface area contributed by atoms with Crippen LogP contribution in [0.2, 0.25) is 5.02 Å². The largest absolute Gasteiger partial charge is 0.321 e. The maximum atomic E-state index is 14.0. The molecular weight excluding hydrogens is 343 g/mol. The third-order valence-corrected chi connectivity index (χ3v) is 4.98. The number of aromatic nitrogens is 3. The van der Waals surface area contributed by atoms with Crippen LogP contribution in [0.3, 0.4) is 0 Å². The molecule has 25 heavy (non-hydrogen) atoms. The first-order chi connectivity index (χ1) is 12.0. The molecule has 0 unspecified atom stereocenters. The number of rotatable bonds is 3. The van der Waals surface area contributed by atoms with E-state index < -0.39 is 11.9 Å². The van der Waals surface area contributed by atoms with Gasteiger partial charge in [0.05, 0.1) is 40.0 Å². The Hall–Kier alpha value is -2.31. The lowest BCUT2D eigenvalue weighted by Gasteiger charge is -2.19. The van der Waals surface area contributed by atoms with Gasteiger partial charge in [0, 0.05) is 5.56 Å². The molecule has 0 aliphatic heterocycles. The number of hydrogen-bond donors (Lipinski definition) is 1. The van der Waals surface area contributed by atoms with E-state index in [9.17, 15) is 9.18 Å². The molecule has 5 nitrogen and oxygen atoms in total. The topological polar surface area (TPSA) is 73.8 Å². The Morgan fingerprint density at radius 1 is 1.36 bits per heavy atom. The summed E-state index contributed by atoms with van der Waals surface area (Å²) in [5, 5.41) is 0.594. The summed E-state index contributed by atoms with van der Waals surface area (Å²) in [5.74, 6) is 0.198.